The summed E-state index contributed by atoms with van der Waals surface area (Å²) in [5.74, 6) is -1.77. The number of amides is 2. The number of nitrogens with two attached hydrogens (primary N) is 1. The molecule has 0 saturated heterocycles. The van der Waals surface area contributed by atoms with E-state index < -0.39 is 24.4 Å². The molecule has 2 bridgehead atoms. The number of Topliss-reactive ketones (excluding diaryl/α,β-unsaturated/α-hetero) is 1. The van der Waals surface area contributed by atoms with Gasteiger partial charge in [0.05, 0.1) is 17.2 Å². The van der Waals surface area contributed by atoms with Crippen LogP contribution in [0.5, 0.6) is 0 Å². The summed E-state index contributed by atoms with van der Waals surface area (Å²) in [6, 6.07) is 6.35. The maximum Gasteiger partial charge on any atom is 0.309 e. The minimum absolute atomic E-state index is 0.0451. The van der Waals surface area contributed by atoms with Crippen molar-refractivity contribution in [3.8, 4) is 0 Å². The van der Waals surface area contributed by atoms with Crippen LogP contribution in [0.15, 0.2) is 24.3 Å². The second kappa shape index (κ2) is 7.68. The van der Waals surface area contributed by atoms with E-state index in [0.29, 0.717) is 12.8 Å². The minimum atomic E-state index is -0.656. The standard InChI is InChI=1S/C19H22N2O5/c20-18(24)14-6-1-2-7-15(14)21-16(22)10-26-19(25)13-8-11-4-3-5-12(9-13)17(11)23/h1-2,6-7,11-13H,3-5,8-10H2,(H2,20,24)(H,21,22)/t11-,12+,13?. The summed E-state index contributed by atoms with van der Waals surface area (Å²) in [5.41, 5.74) is 5.73. The lowest BCUT2D eigenvalue weighted by atomic mass is 9.67. The third kappa shape index (κ3) is 3.92. The molecular formula is C19H22N2O5. The number of ether oxygens (including phenoxy) is 1. The number of primary amides is 1. The van der Waals surface area contributed by atoms with Crippen LogP contribution in [-0.4, -0.2) is 30.2 Å². The van der Waals surface area contributed by atoms with E-state index in [1.165, 1.54) is 6.07 Å². The van der Waals surface area contributed by atoms with Crippen LogP contribution in [0.2, 0.25) is 0 Å². The van der Waals surface area contributed by atoms with E-state index in [2.05, 4.69) is 5.32 Å². The highest BCUT2D eigenvalue weighted by Crippen LogP contribution is 2.40. The summed E-state index contributed by atoms with van der Waals surface area (Å²) in [4.78, 5) is 47.7. The third-order valence-electron chi connectivity index (χ3n) is 5.19. The fourth-order valence-electron chi connectivity index (χ4n) is 3.92. The van der Waals surface area contributed by atoms with Gasteiger partial charge in [-0.3, -0.25) is 19.2 Å². The van der Waals surface area contributed by atoms with Gasteiger partial charge in [0.1, 0.15) is 5.78 Å². The van der Waals surface area contributed by atoms with Crippen molar-refractivity contribution in [1.82, 2.24) is 0 Å². The van der Waals surface area contributed by atoms with Crippen LogP contribution in [0.4, 0.5) is 5.69 Å². The van der Waals surface area contributed by atoms with E-state index in [-0.39, 0.29) is 34.8 Å². The maximum absolute atomic E-state index is 12.3. The number of fused-ring (bicyclic) bond motifs is 2. The molecule has 0 spiro atoms. The molecule has 3 N–H and O–H groups in total. The van der Waals surface area contributed by atoms with Gasteiger partial charge in [-0.05, 0) is 37.8 Å². The van der Waals surface area contributed by atoms with E-state index in [9.17, 15) is 19.2 Å². The molecule has 2 saturated carbocycles. The molecule has 0 aliphatic heterocycles. The first kappa shape index (κ1) is 18.1. The van der Waals surface area contributed by atoms with Crippen molar-refractivity contribution in [2.45, 2.75) is 32.1 Å². The molecule has 1 unspecified atom stereocenters. The van der Waals surface area contributed by atoms with Crippen molar-refractivity contribution in [1.29, 1.82) is 0 Å². The lowest BCUT2D eigenvalue weighted by Gasteiger charge is -2.36. The second-order valence-electron chi connectivity index (χ2n) is 6.96. The Balaban J connectivity index is 1.53. The van der Waals surface area contributed by atoms with Crippen molar-refractivity contribution in [3.05, 3.63) is 29.8 Å². The third-order valence-corrected chi connectivity index (χ3v) is 5.19. The molecule has 2 amide bonds. The van der Waals surface area contributed by atoms with Gasteiger partial charge in [-0.2, -0.15) is 0 Å². The van der Waals surface area contributed by atoms with Gasteiger partial charge < -0.3 is 15.8 Å². The molecule has 1 aromatic rings. The zero-order valence-corrected chi connectivity index (χ0v) is 14.4. The molecule has 2 aliphatic carbocycles. The highest BCUT2D eigenvalue weighted by molar-refractivity contribution is 6.03. The molecule has 138 valence electrons. The highest BCUT2D eigenvalue weighted by Gasteiger charge is 2.41. The van der Waals surface area contributed by atoms with Crippen LogP contribution in [0.1, 0.15) is 42.5 Å². The molecule has 26 heavy (non-hydrogen) atoms. The van der Waals surface area contributed by atoms with E-state index in [0.717, 1.165) is 19.3 Å². The SMILES string of the molecule is NC(=O)c1ccccc1NC(=O)COC(=O)C1C[C@H]2CCC[C@@H](C1)C2=O. The van der Waals surface area contributed by atoms with Crippen LogP contribution in [0.3, 0.4) is 0 Å². The van der Waals surface area contributed by atoms with Crippen molar-refractivity contribution in [2.24, 2.45) is 23.5 Å². The van der Waals surface area contributed by atoms with Gasteiger partial charge in [-0.25, -0.2) is 0 Å². The quantitative estimate of drug-likeness (QED) is 0.777. The molecule has 7 nitrogen and oxygen atoms in total. The lowest BCUT2D eigenvalue weighted by molar-refractivity contribution is -0.155. The van der Waals surface area contributed by atoms with E-state index in [4.69, 9.17) is 10.5 Å². The van der Waals surface area contributed by atoms with Gasteiger partial charge in [0.15, 0.2) is 6.61 Å². The highest BCUT2D eigenvalue weighted by atomic mass is 16.5. The molecule has 0 heterocycles. The Morgan fingerprint density at radius 1 is 1.12 bits per heavy atom. The van der Waals surface area contributed by atoms with Crippen LogP contribution < -0.4 is 11.1 Å². The number of anilines is 1. The van der Waals surface area contributed by atoms with Gasteiger partial charge in [-0.1, -0.05) is 18.6 Å². The smallest absolute Gasteiger partial charge is 0.309 e. The van der Waals surface area contributed by atoms with E-state index in [1.807, 2.05) is 0 Å². The van der Waals surface area contributed by atoms with Crippen LogP contribution in [0.25, 0.3) is 0 Å². The largest absolute Gasteiger partial charge is 0.455 e. The average Bonchev–Trinajstić information content (AvgIpc) is 2.59. The number of esters is 1. The van der Waals surface area contributed by atoms with Gasteiger partial charge in [0.25, 0.3) is 11.8 Å². The number of carbonyl (C=O) groups excluding carboxylic acids is 4. The molecule has 1 aromatic carbocycles. The Kier molecular flexibility index (Phi) is 5.35. The molecule has 3 rings (SSSR count). The Morgan fingerprint density at radius 3 is 2.42 bits per heavy atom. The van der Waals surface area contributed by atoms with Gasteiger partial charge >= 0.3 is 5.97 Å². The monoisotopic (exact) mass is 358 g/mol. The predicted octanol–water partition coefficient (Wildman–Crippen LogP) is 1.66. The summed E-state index contributed by atoms with van der Waals surface area (Å²) in [6.45, 7) is -0.439. The van der Waals surface area contributed by atoms with Crippen molar-refractivity contribution in [3.63, 3.8) is 0 Å². The molecule has 0 radical (unpaired) electrons. The fourth-order valence-corrected chi connectivity index (χ4v) is 3.92. The van der Waals surface area contributed by atoms with Gasteiger partial charge in [0, 0.05) is 11.8 Å². The number of hydrogen-bond acceptors (Lipinski definition) is 5. The Bertz CT molecular complexity index is 729. The van der Waals surface area contributed by atoms with E-state index in [1.54, 1.807) is 18.2 Å². The summed E-state index contributed by atoms with van der Waals surface area (Å²) in [7, 11) is 0. The Morgan fingerprint density at radius 2 is 1.77 bits per heavy atom. The van der Waals surface area contributed by atoms with Crippen LogP contribution in [0, 0.1) is 17.8 Å². The molecule has 7 heteroatoms. The Hall–Kier alpha value is -2.70. The topological polar surface area (TPSA) is 116 Å². The zero-order chi connectivity index (χ0) is 18.7. The van der Waals surface area contributed by atoms with Crippen LogP contribution in [-0.2, 0) is 19.1 Å². The normalized spacial score (nSPS) is 24.6. The number of benzene rings is 1. The molecule has 0 aromatic heterocycles. The zero-order valence-electron chi connectivity index (χ0n) is 14.4. The number of nitrogens with one attached hydrogen (secondary N) is 1. The number of para-hydroxylation sites is 1. The Labute approximate surface area is 151 Å². The number of ketones is 1. The van der Waals surface area contributed by atoms with Crippen LogP contribution >= 0.6 is 0 Å². The molecule has 3 atom stereocenters. The van der Waals surface area contributed by atoms with Gasteiger partial charge in [0.2, 0.25) is 0 Å². The number of rotatable bonds is 5. The molecule has 2 fully saturated rings. The fraction of sp³-hybridized carbons (Fsp3) is 0.474. The summed E-state index contributed by atoms with van der Waals surface area (Å²) in [5, 5.41) is 2.53. The number of hydrogen-bond donors (Lipinski definition) is 2. The maximum atomic E-state index is 12.3. The second-order valence-corrected chi connectivity index (χ2v) is 6.96. The van der Waals surface area contributed by atoms with Crippen molar-refractivity contribution in [2.75, 3.05) is 11.9 Å². The van der Waals surface area contributed by atoms with Gasteiger partial charge in [-0.15, -0.1) is 0 Å². The van der Waals surface area contributed by atoms with Crippen molar-refractivity contribution >= 4 is 29.3 Å². The summed E-state index contributed by atoms with van der Waals surface area (Å²) in [6.07, 6.45) is 3.73. The molecule has 2 aliphatic rings. The predicted molar refractivity (Wildman–Crippen MR) is 93.1 cm³/mol. The summed E-state index contributed by atoms with van der Waals surface area (Å²) < 4.78 is 5.14. The summed E-state index contributed by atoms with van der Waals surface area (Å²) >= 11 is 0. The molecular weight excluding hydrogens is 336 g/mol. The minimum Gasteiger partial charge on any atom is -0.455 e. The first-order valence-corrected chi connectivity index (χ1v) is 8.84. The average molecular weight is 358 g/mol. The van der Waals surface area contributed by atoms with Crippen molar-refractivity contribution < 1.29 is 23.9 Å². The lowest BCUT2D eigenvalue weighted by Crippen LogP contribution is -2.40. The van der Waals surface area contributed by atoms with E-state index >= 15 is 0 Å². The first-order valence-electron chi connectivity index (χ1n) is 8.84. The first-order chi connectivity index (χ1) is 12.5. The number of carbonyl (C=O) groups is 4.